The average Bonchev–Trinajstić information content (AvgIpc) is 2.55. The van der Waals surface area contributed by atoms with E-state index in [1.807, 2.05) is 39.3 Å². The van der Waals surface area contributed by atoms with Crippen molar-refractivity contribution in [1.82, 2.24) is 4.90 Å². The number of rotatable bonds is 7. The first-order valence-corrected chi connectivity index (χ1v) is 15.7. The van der Waals surface area contributed by atoms with Crippen molar-refractivity contribution < 1.29 is 17.8 Å². The number of nitrogens with zero attached hydrogens (tertiary/aromatic N) is 1. The normalized spacial score (nSPS) is 17.9. The molecular weight excluding hydrogens is 309 g/mol. The van der Waals surface area contributed by atoms with E-state index in [9.17, 15) is 9.36 Å². The van der Waals surface area contributed by atoms with Crippen molar-refractivity contribution in [2.45, 2.75) is 52.1 Å². The predicted molar refractivity (Wildman–Crippen MR) is 87.1 cm³/mol. The molecule has 20 heavy (non-hydrogen) atoms. The fraction of sp³-hybridized carbons (Fsp3) is 0.917. The van der Waals surface area contributed by atoms with E-state index in [1.54, 1.807) is 4.90 Å². The summed E-state index contributed by atoms with van der Waals surface area (Å²) in [5.74, 6) is 0.151. The fourth-order valence-electron chi connectivity index (χ4n) is 2.13. The third-order valence-electron chi connectivity index (χ3n) is 2.64. The standard InChI is InChI=1S/C12H28NO4PSi2/c1-19(2,3)16-18(15,17-20(4,5)6)11-10-13-9-7-8-12(13)14/h7-11H2,1-6H3. The van der Waals surface area contributed by atoms with Crippen LogP contribution < -0.4 is 0 Å². The largest absolute Gasteiger partial charge is 0.352 e. The Kier molecular flexibility index (Phi) is 5.83. The van der Waals surface area contributed by atoms with Gasteiger partial charge in [0.1, 0.15) is 0 Å². The van der Waals surface area contributed by atoms with E-state index in [4.69, 9.17) is 8.43 Å². The van der Waals surface area contributed by atoms with Crippen LogP contribution in [0.2, 0.25) is 39.3 Å². The second kappa shape index (κ2) is 6.44. The van der Waals surface area contributed by atoms with Crippen molar-refractivity contribution in [2.75, 3.05) is 19.3 Å². The Morgan fingerprint density at radius 3 is 1.95 bits per heavy atom. The molecule has 1 aliphatic rings. The molecule has 1 amide bonds. The van der Waals surface area contributed by atoms with Gasteiger partial charge in [0.25, 0.3) is 0 Å². The molecule has 1 rings (SSSR count). The summed E-state index contributed by atoms with van der Waals surface area (Å²) in [7, 11) is -7.02. The second-order valence-corrected chi connectivity index (χ2v) is 18.8. The maximum absolute atomic E-state index is 13.0. The Morgan fingerprint density at radius 1 is 1.10 bits per heavy atom. The molecule has 0 aromatic carbocycles. The van der Waals surface area contributed by atoms with Crippen molar-refractivity contribution >= 4 is 30.1 Å². The van der Waals surface area contributed by atoms with Gasteiger partial charge in [-0.25, -0.2) is 0 Å². The minimum atomic E-state index is -3.11. The van der Waals surface area contributed by atoms with Gasteiger partial charge in [0.2, 0.25) is 5.91 Å². The maximum Gasteiger partial charge on any atom is 0.313 e. The quantitative estimate of drug-likeness (QED) is 0.527. The zero-order chi connectivity index (χ0) is 15.6. The van der Waals surface area contributed by atoms with E-state index in [0.29, 0.717) is 19.1 Å². The molecule has 1 fully saturated rings. The van der Waals surface area contributed by atoms with E-state index in [2.05, 4.69) is 0 Å². The third-order valence-corrected chi connectivity index (χ3v) is 10.00. The molecule has 1 heterocycles. The number of carbonyl (C=O) groups is 1. The lowest BCUT2D eigenvalue weighted by Crippen LogP contribution is -2.34. The summed E-state index contributed by atoms with van der Waals surface area (Å²) in [6.07, 6.45) is 1.81. The topological polar surface area (TPSA) is 55.8 Å². The van der Waals surface area contributed by atoms with Crippen LogP contribution in [0.5, 0.6) is 0 Å². The minimum Gasteiger partial charge on any atom is -0.352 e. The molecular formula is C12H28NO4PSi2. The zero-order valence-corrected chi connectivity index (χ0v) is 16.5. The van der Waals surface area contributed by atoms with Crippen molar-refractivity contribution in [3.63, 3.8) is 0 Å². The highest BCUT2D eigenvalue weighted by Gasteiger charge is 2.37. The summed E-state index contributed by atoms with van der Waals surface area (Å²) >= 11 is 0. The third kappa shape index (κ3) is 6.67. The monoisotopic (exact) mass is 337 g/mol. The summed E-state index contributed by atoms with van der Waals surface area (Å²) in [6.45, 7) is 13.3. The zero-order valence-electron chi connectivity index (χ0n) is 13.6. The molecule has 0 spiro atoms. The highest BCUT2D eigenvalue weighted by Crippen LogP contribution is 2.52. The highest BCUT2D eigenvalue weighted by atomic mass is 31.2. The van der Waals surface area contributed by atoms with E-state index in [1.165, 1.54) is 0 Å². The molecule has 0 N–H and O–H groups in total. The molecule has 0 bridgehead atoms. The molecule has 0 atom stereocenters. The SMILES string of the molecule is C[Si](C)(C)OP(=O)(CCN1CCCC1=O)O[Si](C)(C)C. The van der Waals surface area contributed by atoms with Crippen molar-refractivity contribution in [2.24, 2.45) is 0 Å². The first-order valence-electron chi connectivity index (χ1n) is 7.19. The number of likely N-dealkylation sites (tertiary alicyclic amines) is 1. The lowest BCUT2D eigenvalue weighted by Gasteiger charge is -2.32. The van der Waals surface area contributed by atoms with Gasteiger partial charge in [-0.3, -0.25) is 9.36 Å². The van der Waals surface area contributed by atoms with Gasteiger partial charge in [-0.2, -0.15) is 0 Å². The molecule has 0 saturated carbocycles. The van der Waals surface area contributed by atoms with Gasteiger partial charge >= 0.3 is 7.60 Å². The summed E-state index contributed by atoms with van der Waals surface area (Å²) in [4.78, 5) is 13.4. The molecule has 5 nitrogen and oxygen atoms in total. The second-order valence-electron chi connectivity index (χ2n) is 7.23. The van der Waals surface area contributed by atoms with Crippen LogP contribution in [0.15, 0.2) is 0 Å². The minimum absolute atomic E-state index is 0.151. The fourth-order valence-corrected chi connectivity index (χ4v) is 10.5. The molecule has 1 aliphatic heterocycles. The van der Waals surface area contributed by atoms with Crippen LogP contribution in [0.1, 0.15) is 12.8 Å². The Hall–Kier alpha value is 0.0538. The lowest BCUT2D eigenvalue weighted by molar-refractivity contribution is -0.127. The molecule has 0 aliphatic carbocycles. The smallest absolute Gasteiger partial charge is 0.313 e. The van der Waals surface area contributed by atoms with Crippen LogP contribution >= 0.6 is 7.60 Å². The van der Waals surface area contributed by atoms with Gasteiger partial charge in [0.05, 0.1) is 6.16 Å². The van der Waals surface area contributed by atoms with Crippen molar-refractivity contribution in [1.29, 1.82) is 0 Å². The van der Waals surface area contributed by atoms with Crippen LogP contribution in [-0.2, 0) is 17.8 Å². The van der Waals surface area contributed by atoms with Gasteiger partial charge in [-0.15, -0.1) is 0 Å². The number of hydrogen-bond donors (Lipinski definition) is 0. The van der Waals surface area contributed by atoms with E-state index in [0.717, 1.165) is 13.0 Å². The van der Waals surface area contributed by atoms with E-state index >= 15 is 0 Å². The van der Waals surface area contributed by atoms with Gasteiger partial charge in [0, 0.05) is 19.5 Å². The Balaban J connectivity index is 2.72. The summed E-state index contributed by atoms with van der Waals surface area (Å²) in [5, 5.41) is 0. The molecule has 8 heteroatoms. The average molecular weight is 338 g/mol. The first-order chi connectivity index (χ1) is 8.90. The summed E-state index contributed by atoms with van der Waals surface area (Å²) in [5.41, 5.74) is 0. The molecule has 0 aromatic rings. The van der Waals surface area contributed by atoms with Gasteiger partial charge in [-0.05, 0) is 45.7 Å². The van der Waals surface area contributed by atoms with Crippen LogP contribution in [0, 0.1) is 0 Å². The van der Waals surface area contributed by atoms with Crippen LogP contribution in [0.3, 0.4) is 0 Å². The molecule has 1 saturated heterocycles. The van der Waals surface area contributed by atoms with E-state index < -0.39 is 24.2 Å². The highest BCUT2D eigenvalue weighted by molar-refractivity contribution is 7.57. The first kappa shape index (κ1) is 18.1. The van der Waals surface area contributed by atoms with Gasteiger partial charge in [0.15, 0.2) is 16.6 Å². The van der Waals surface area contributed by atoms with Crippen LogP contribution in [0.25, 0.3) is 0 Å². The van der Waals surface area contributed by atoms with Crippen molar-refractivity contribution in [3.05, 3.63) is 0 Å². The maximum atomic E-state index is 13.0. The molecule has 0 unspecified atom stereocenters. The summed E-state index contributed by atoms with van der Waals surface area (Å²) in [6, 6.07) is 0. The Labute approximate surface area is 124 Å². The van der Waals surface area contributed by atoms with Crippen molar-refractivity contribution in [3.8, 4) is 0 Å². The van der Waals surface area contributed by atoms with Gasteiger partial charge in [-0.1, -0.05) is 0 Å². The Bertz CT molecular complexity index is 383. The van der Waals surface area contributed by atoms with Gasteiger partial charge < -0.3 is 13.3 Å². The number of hydrogen-bond acceptors (Lipinski definition) is 4. The number of amides is 1. The molecule has 118 valence electrons. The van der Waals surface area contributed by atoms with E-state index in [-0.39, 0.29) is 5.91 Å². The summed E-state index contributed by atoms with van der Waals surface area (Å²) < 4.78 is 24.7. The lowest BCUT2D eigenvalue weighted by atomic mass is 10.4. The Morgan fingerprint density at radius 2 is 1.60 bits per heavy atom. The molecule has 0 aromatic heterocycles. The molecule has 0 radical (unpaired) electrons. The predicted octanol–water partition coefficient (Wildman–Crippen LogP) is 3.50. The van der Waals surface area contributed by atoms with Crippen LogP contribution in [-0.4, -0.2) is 46.7 Å². The number of carbonyl (C=O) groups excluding carboxylic acids is 1. The van der Waals surface area contributed by atoms with Crippen LogP contribution in [0.4, 0.5) is 0 Å².